The van der Waals surface area contributed by atoms with Crippen LogP contribution in [0.2, 0.25) is 0 Å². The lowest BCUT2D eigenvalue weighted by Gasteiger charge is -2.33. The van der Waals surface area contributed by atoms with Crippen molar-refractivity contribution >= 4 is 0 Å². The van der Waals surface area contributed by atoms with Crippen LogP contribution >= 0.6 is 0 Å². The minimum absolute atomic E-state index is 0.0451. The molecular weight excluding hydrogens is 142 g/mol. The van der Waals surface area contributed by atoms with Crippen molar-refractivity contribution in [1.82, 2.24) is 4.90 Å². The molecule has 1 heterocycles. The number of aliphatic hydroxyl groups is 1. The van der Waals surface area contributed by atoms with Gasteiger partial charge < -0.3 is 5.11 Å². The number of hydrogen-bond acceptors (Lipinski definition) is 2. The van der Waals surface area contributed by atoms with Crippen LogP contribution in [0.4, 0.5) is 0 Å². The Morgan fingerprint density at radius 3 is 2.91 bits per heavy atom. The summed E-state index contributed by atoms with van der Waals surface area (Å²) in [7, 11) is 0. The molecule has 11 heavy (non-hydrogen) atoms. The zero-order valence-electron chi connectivity index (χ0n) is 6.83. The Bertz CT molecular complexity index is 106. The van der Waals surface area contributed by atoms with Gasteiger partial charge in [0.1, 0.15) is 0 Å². The molecule has 1 aliphatic heterocycles. The molecule has 3 heteroatoms. The fourth-order valence-corrected chi connectivity index (χ4v) is 1.68. The van der Waals surface area contributed by atoms with E-state index in [0.29, 0.717) is 6.54 Å². The molecule has 0 aromatic carbocycles. The summed E-state index contributed by atoms with van der Waals surface area (Å²) < 4.78 is 0. The molecule has 0 aromatic heterocycles. The van der Waals surface area contributed by atoms with Crippen LogP contribution in [0.1, 0.15) is 19.3 Å². The average molecular weight is 158 g/mol. The molecule has 1 fully saturated rings. The van der Waals surface area contributed by atoms with Gasteiger partial charge in [-0.15, -0.1) is 0 Å². The molecule has 65 valence electrons. The van der Waals surface area contributed by atoms with Crippen LogP contribution in [0.5, 0.6) is 0 Å². The smallest absolute Gasteiger partial charge is 0.0949 e. The van der Waals surface area contributed by atoms with Crippen molar-refractivity contribution < 1.29 is 10.2 Å². The number of rotatable bonds is 3. The summed E-state index contributed by atoms with van der Waals surface area (Å²) in [6.45, 7) is 1.76. The van der Waals surface area contributed by atoms with E-state index in [1.54, 1.807) is 0 Å². The molecule has 0 aliphatic carbocycles. The van der Waals surface area contributed by atoms with E-state index in [1.807, 2.05) is 0 Å². The first kappa shape index (κ1) is 8.97. The van der Waals surface area contributed by atoms with Gasteiger partial charge in [0.15, 0.2) is 0 Å². The van der Waals surface area contributed by atoms with Crippen molar-refractivity contribution in [3.8, 4) is 0 Å². The zero-order chi connectivity index (χ0) is 8.10. The maximum Gasteiger partial charge on any atom is 0.0949 e. The molecule has 0 amide bonds. The van der Waals surface area contributed by atoms with Crippen molar-refractivity contribution in [3.05, 3.63) is 0 Å². The van der Waals surface area contributed by atoms with Gasteiger partial charge in [-0.25, -0.2) is 5.11 Å². The van der Waals surface area contributed by atoms with E-state index in [-0.39, 0.29) is 19.3 Å². The lowest BCUT2D eigenvalue weighted by Crippen LogP contribution is -2.43. The predicted molar refractivity (Wildman–Crippen MR) is 41.9 cm³/mol. The van der Waals surface area contributed by atoms with E-state index >= 15 is 0 Å². The number of aliphatic hydroxyl groups excluding tert-OH is 1. The van der Waals surface area contributed by atoms with Gasteiger partial charge in [0.05, 0.1) is 13.2 Å². The van der Waals surface area contributed by atoms with Gasteiger partial charge in [0, 0.05) is 12.6 Å². The number of hydrogen-bond donors (Lipinski definition) is 1. The lowest BCUT2D eigenvalue weighted by molar-refractivity contribution is 0.0592. The SMILES string of the molecule is [O]CCN1CCCCC1CO. The van der Waals surface area contributed by atoms with Crippen LogP contribution in [0.3, 0.4) is 0 Å². The maximum absolute atomic E-state index is 10.3. The van der Waals surface area contributed by atoms with E-state index in [9.17, 15) is 5.11 Å². The monoisotopic (exact) mass is 158 g/mol. The predicted octanol–water partition coefficient (Wildman–Crippen LogP) is 0.264. The molecule has 0 bridgehead atoms. The standard InChI is InChI=1S/C8H16NO2/c10-6-5-9-4-2-1-3-8(9)7-11/h8,11H,1-7H2. The van der Waals surface area contributed by atoms with E-state index in [2.05, 4.69) is 4.90 Å². The Labute approximate surface area is 67.6 Å². The lowest BCUT2D eigenvalue weighted by atomic mass is 10.0. The van der Waals surface area contributed by atoms with Gasteiger partial charge >= 0.3 is 0 Å². The van der Waals surface area contributed by atoms with Gasteiger partial charge in [0.2, 0.25) is 0 Å². The molecule has 1 rings (SSSR count). The summed E-state index contributed by atoms with van der Waals surface area (Å²) in [6, 6.07) is 0.262. The van der Waals surface area contributed by atoms with Crippen LogP contribution in [0.25, 0.3) is 0 Å². The molecule has 3 nitrogen and oxygen atoms in total. The third-order valence-electron chi connectivity index (χ3n) is 2.34. The zero-order valence-corrected chi connectivity index (χ0v) is 6.83. The Balaban J connectivity index is 2.31. The van der Waals surface area contributed by atoms with Crippen molar-refractivity contribution in [2.75, 3.05) is 26.3 Å². The second kappa shape index (κ2) is 4.70. The van der Waals surface area contributed by atoms with Gasteiger partial charge in [-0.05, 0) is 19.4 Å². The molecule has 0 spiro atoms. The highest BCUT2D eigenvalue weighted by Crippen LogP contribution is 2.15. The first-order chi connectivity index (χ1) is 5.38. The van der Waals surface area contributed by atoms with Crippen molar-refractivity contribution in [2.24, 2.45) is 0 Å². The normalized spacial score (nSPS) is 27.3. The van der Waals surface area contributed by atoms with Crippen LogP contribution in [0.15, 0.2) is 0 Å². The van der Waals surface area contributed by atoms with Crippen molar-refractivity contribution in [3.63, 3.8) is 0 Å². The van der Waals surface area contributed by atoms with Crippen LogP contribution < -0.4 is 0 Å². The molecule has 1 unspecified atom stereocenters. The topological polar surface area (TPSA) is 43.4 Å². The molecule has 1 radical (unpaired) electrons. The van der Waals surface area contributed by atoms with Crippen LogP contribution in [-0.2, 0) is 5.11 Å². The minimum atomic E-state index is -0.0451. The average Bonchev–Trinajstić information content (AvgIpc) is 2.06. The highest BCUT2D eigenvalue weighted by atomic mass is 16.3. The summed E-state index contributed by atoms with van der Waals surface area (Å²) in [4.78, 5) is 2.11. The minimum Gasteiger partial charge on any atom is -0.395 e. The molecule has 1 saturated heterocycles. The fraction of sp³-hybridized carbons (Fsp3) is 1.00. The molecule has 1 N–H and O–H groups in total. The molecule has 1 atom stereocenters. The number of likely N-dealkylation sites (tertiary alicyclic amines) is 1. The fourth-order valence-electron chi connectivity index (χ4n) is 1.68. The van der Waals surface area contributed by atoms with Gasteiger partial charge in [0.25, 0.3) is 0 Å². The number of piperidine rings is 1. The first-order valence-electron chi connectivity index (χ1n) is 4.31. The summed E-state index contributed by atoms with van der Waals surface area (Å²) in [5.74, 6) is 0. The Morgan fingerprint density at radius 2 is 2.27 bits per heavy atom. The van der Waals surface area contributed by atoms with Crippen LogP contribution in [-0.4, -0.2) is 42.4 Å². The summed E-state index contributed by atoms with van der Waals surface area (Å²) in [5, 5.41) is 19.3. The summed E-state index contributed by atoms with van der Waals surface area (Å²) in [6.07, 6.45) is 3.42. The second-order valence-electron chi connectivity index (χ2n) is 3.07. The van der Waals surface area contributed by atoms with Gasteiger partial charge in [-0.3, -0.25) is 4.90 Å². The summed E-state index contributed by atoms with van der Waals surface area (Å²) in [5.41, 5.74) is 0. The van der Waals surface area contributed by atoms with E-state index in [0.717, 1.165) is 13.0 Å². The van der Waals surface area contributed by atoms with Crippen molar-refractivity contribution in [1.29, 1.82) is 0 Å². The van der Waals surface area contributed by atoms with Gasteiger partial charge in [-0.2, -0.15) is 0 Å². The molecule has 0 aromatic rings. The number of nitrogens with zero attached hydrogens (tertiary/aromatic N) is 1. The van der Waals surface area contributed by atoms with E-state index in [1.165, 1.54) is 12.8 Å². The largest absolute Gasteiger partial charge is 0.395 e. The highest BCUT2D eigenvalue weighted by Gasteiger charge is 2.20. The Hall–Kier alpha value is -0.120. The van der Waals surface area contributed by atoms with Crippen molar-refractivity contribution in [2.45, 2.75) is 25.3 Å². The maximum atomic E-state index is 10.3. The third-order valence-corrected chi connectivity index (χ3v) is 2.34. The Kier molecular flexibility index (Phi) is 3.83. The van der Waals surface area contributed by atoms with E-state index < -0.39 is 0 Å². The molecular formula is C8H16NO2. The molecule has 1 aliphatic rings. The van der Waals surface area contributed by atoms with Gasteiger partial charge in [-0.1, -0.05) is 6.42 Å². The van der Waals surface area contributed by atoms with E-state index in [4.69, 9.17) is 5.11 Å². The first-order valence-corrected chi connectivity index (χ1v) is 4.31. The summed E-state index contributed by atoms with van der Waals surface area (Å²) >= 11 is 0. The third kappa shape index (κ3) is 2.43. The quantitative estimate of drug-likeness (QED) is 0.640. The second-order valence-corrected chi connectivity index (χ2v) is 3.07. The highest BCUT2D eigenvalue weighted by molar-refractivity contribution is 4.75. The Morgan fingerprint density at radius 1 is 1.45 bits per heavy atom. The molecule has 0 saturated carbocycles. The van der Waals surface area contributed by atoms with Crippen LogP contribution in [0, 0.1) is 0 Å².